The molecule has 1 N–H and O–H groups in total. The maximum Gasteiger partial charge on any atom is 0.369 e. The standard InChI is InChI=1S/C16H16ClNO2S/c1-20-16(19)15(12-4-2-3-5-13(12)17)18-8-6-14-11(10-18)7-9-21-14/h2-5,7,9,15H,6,8,10H2,1H3/p+1/t15-/m1/s1. The molecule has 0 fully saturated rings. The zero-order valence-electron chi connectivity index (χ0n) is 11.8. The number of halogens is 1. The summed E-state index contributed by atoms with van der Waals surface area (Å²) < 4.78 is 5.03. The summed E-state index contributed by atoms with van der Waals surface area (Å²) in [6.07, 6.45) is 1.00. The summed E-state index contributed by atoms with van der Waals surface area (Å²) in [4.78, 5) is 14.9. The molecule has 0 amide bonds. The number of esters is 1. The van der Waals surface area contributed by atoms with E-state index in [4.69, 9.17) is 16.3 Å². The molecule has 1 aromatic heterocycles. The van der Waals surface area contributed by atoms with Crippen LogP contribution in [0.5, 0.6) is 0 Å². The van der Waals surface area contributed by atoms with E-state index in [-0.39, 0.29) is 12.0 Å². The van der Waals surface area contributed by atoms with Crippen molar-refractivity contribution < 1.29 is 14.4 Å². The minimum Gasteiger partial charge on any atom is -0.464 e. The Morgan fingerprint density at radius 3 is 2.95 bits per heavy atom. The molecule has 0 spiro atoms. The van der Waals surface area contributed by atoms with E-state index in [9.17, 15) is 4.79 Å². The number of carbonyl (C=O) groups excluding carboxylic acids is 1. The number of ether oxygens (including phenoxy) is 1. The first-order valence-corrected chi connectivity index (χ1v) is 8.18. The van der Waals surface area contributed by atoms with Gasteiger partial charge >= 0.3 is 5.97 Å². The monoisotopic (exact) mass is 322 g/mol. The van der Waals surface area contributed by atoms with Gasteiger partial charge in [-0.2, -0.15) is 0 Å². The van der Waals surface area contributed by atoms with Crippen molar-refractivity contribution in [3.8, 4) is 0 Å². The summed E-state index contributed by atoms with van der Waals surface area (Å²) in [5.41, 5.74) is 2.18. The van der Waals surface area contributed by atoms with Gasteiger partial charge in [0.15, 0.2) is 0 Å². The van der Waals surface area contributed by atoms with Crippen molar-refractivity contribution >= 4 is 28.9 Å². The number of nitrogens with one attached hydrogen (secondary N) is 1. The highest BCUT2D eigenvalue weighted by Crippen LogP contribution is 2.24. The van der Waals surface area contributed by atoms with E-state index >= 15 is 0 Å². The zero-order chi connectivity index (χ0) is 14.8. The molecule has 21 heavy (non-hydrogen) atoms. The van der Waals surface area contributed by atoms with Gasteiger partial charge in [0.05, 0.1) is 18.7 Å². The molecule has 0 aliphatic carbocycles. The molecule has 2 heterocycles. The highest BCUT2D eigenvalue weighted by Gasteiger charge is 2.36. The molecule has 0 saturated heterocycles. The van der Waals surface area contributed by atoms with Crippen molar-refractivity contribution in [2.75, 3.05) is 13.7 Å². The van der Waals surface area contributed by atoms with Crippen molar-refractivity contribution in [3.05, 3.63) is 56.7 Å². The van der Waals surface area contributed by atoms with Gasteiger partial charge in [0, 0.05) is 22.4 Å². The van der Waals surface area contributed by atoms with Gasteiger partial charge < -0.3 is 9.64 Å². The Balaban J connectivity index is 1.94. The number of methoxy groups -OCH3 is 1. The molecule has 5 heteroatoms. The van der Waals surface area contributed by atoms with Crippen LogP contribution in [0.1, 0.15) is 22.0 Å². The van der Waals surface area contributed by atoms with Crippen LogP contribution in [0.3, 0.4) is 0 Å². The lowest BCUT2D eigenvalue weighted by atomic mass is 10.0. The molecule has 0 saturated carbocycles. The van der Waals surface area contributed by atoms with Gasteiger partial charge in [0.25, 0.3) is 0 Å². The minimum absolute atomic E-state index is 0.225. The molecular weight excluding hydrogens is 306 g/mol. The average molecular weight is 323 g/mol. The molecule has 1 unspecified atom stereocenters. The lowest BCUT2D eigenvalue weighted by molar-refractivity contribution is -0.938. The van der Waals surface area contributed by atoms with Crippen LogP contribution >= 0.6 is 22.9 Å². The summed E-state index contributed by atoms with van der Waals surface area (Å²) >= 11 is 8.10. The number of carbonyl (C=O) groups is 1. The number of hydrogen-bond donors (Lipinski definition) is 1. The lowest BCUT2D eigenvalue weighted by Gasteiger charge is -2.30. The lowest BCUT2D eigenvalue weighted by Crippen LogP contribution is -3.13. The van der Waals surface area contributed by atoms with E-state index in [1.807, 2.05) is 24.3 Å². The van der Waals surface area contributed by atoms with E-state index in [1.54, 1.807) is 11.3 Å². The number of fused-ring (bicyclic) bond motifs is 1. The third kappa shape index (κ3) is 2.84. The predicted octanol–water partition coefficient (Wildman–Crippen LogP) is 2.26. The Bertz CT molecular complexity index is 655. The van der Waals surface area contributed by atoms with Crippen LogP contribution in [0.25, 0.3) is 0 Å². The molecule has 0 bridgehead atoms. The molecule has 3 rings (SSSR count). The SMILES string of the molecule is COC(=O)[C@@H](c1ccccc1Cl)[NH+]1CCc2sccc2C1. The molecular formula is C16H17ClNO2S+. The van der Waals surface area contributed by atoms with E-state index < -0.39 is 0 Å². The molecule has 1 aliphatic rings. The quantitative estimate of drug-likeness (QED) is 0.879. The summed E-state index contributed by atoms with van der Waals surface area (Å²) in [7, 11) is 1.44. The van der Waals surface area contributed by atoms with Crippen molar-refractivity contribution in [2.24, 2.45) is 0 Å². The van der Waals surface area contributed by atoms with Gasteiger partial charge in [-0.1, -0.05) is 29.8 Å². The Morgan fingerprint density at radius 1 is 1.38 bits per heavy atom. The van der Waals surface area contributed by atoms with Gasteiger partial charge in [0.1, 0.15) is 6.54 Å². The Hall–Kier alpha value is -1.36. The molecule has 1 aromatic carbocycles. The smallest absolute Gasteiger partial charge is 0.369 e. The van der Waals surface area contributed by atoms with Crippen LogP contribution in [0.15, 0.2) is 35.7 Å². The number of thiophene rings is 1. The predicted molar refractivity (Wildman–Crippen MR) is 83.8 cm³/mol. The van der Waals surface area contributed by atoms with E-state index in [1.165, 1.54) is 22.5 Å². The van der Waals surface area contributed by atoms with E-state index in [2.05, 4.69) is 11.4 Å². The molecule has 1 aliphatic heterocycles. The van der Waals surface area contributed by atoms with Gasteiger partial charge in [-0.05, 0) is 17.5 Å². The van der Waals surface area contributed by atoms with Crippen LogP contribution in [-0.4, -0.2) is 19.6 Å². The first-order valence-electron chi connectivity index (χ1n) is 6.92. The Kier molecular flexibility index (Phi) is 4.29. The fourth-order valence-corrected chi connectivity index (χ4v) is 4.09. The second-order valence-corrected chi connectivity index (χ2v) is 6.59. The largest absolute Gasteiger partial charge is 0.464 e. The highest BCUT2D eigenvalue weighted by molar-refractivity contribution is 7.10. The normalized spacial score (nSPS) is 18.9. The summed E-state index contributed by atoms with van der Waals surface area (Å²) in [5.74, 6) is -0.225. The molecule has 2 atom stereocenters. The molecule has 0 radical (unpaired) electrons. The highest BCUT2D eigenvalue weighted by atomic mass is 35.5. The van der Waals surface area contributed by atoms with Gasteiger partial charge in [-0.15, -0.1) is 11.3 Å². The second kappa shape index (κ2) is 6.18. The van der Waals surface area contributed by atoms with Gasteiger partial charge in [-0.3, -0.25) is 0 Å². The molecule has 2 aromatic rings. The zero-order valence-corrected chi connectivity index (χ0v) is 13.3. The maximum atomic E-state index is 12.3. The van der Waals surface area contributed by atoms with Crippen LogP contribution < -0.4 is 4.90 Å². The maximum absolute atomic E-state index is 12.3. The van der Waals surface area contributed by atoms with Crippen molar-refractivity contribution in [1.82, 2.24) is 0 Å². The Labute approximate surface area is 133 Å². The fourth-order valence-electron chi connectivity index (χ4n) is 2.94. The van der Waals surface area contributed by atoms with E-state index in [0.717, 1.165) is 25.1 Å². The summed E-state index contributed by atoms with van der Waals surface area (Å²) in [5, 5.41) is 2.74. The first-order chi connectivity index (χ1) is 10.2. The average Bonchev–Trinajstić information content (AvgIpc) is 2.97. The molecule has 3 nitrogen and oxygen atoms in total. The van der Waals surface area contributed by atoms with E-state index in [0.29, 0.717) is 5.02 Å². The number of benzene rings is 1. The summed E-state index contributed by atoms with van der Waals surface area (Å²) in [6, 6.07) is 9.32. The first kappa shape index (κ1) is 14.6. The Morgan fingerprint density at radius 2 is 2.19 bits per heavy atom. The van der Waals surface area contributed by atoms with Crippen LogP contribution in [0.4, 0.5) is 0 Å². The topological polar surface area (TPSA) is 30.7 Å². The van der Waals surface area contributed by atoms with Crippen molar-refractivity contribution in [3.63, 3.8) is 0 Å². The summed E-state index contributed by atoms with van der Waals surface area (Å²) in [6.45, 7) is 1.75. The third-order valence-electron chi connectivity index (χ3n) is 3.99. The number of quaternary nitrogens is 1. The van der Waals surface area contributed by atoms with Crippen molar-refractivity contribution in [1.29, 1.82) is 0 Å². The minimum atomic E-state index is -0.364. The fraction of sp³-hybridized carbons (Fsp3) is 0.312. The van der Waals surface area contributed by atoms with Gasteiger partial charge in [-0.25, -0.2) is 4.79 Å². The second-order valence-electron chi connectivity index (χ2n) is 5.18. The van der Waals surface area contributed by atoms with Crippen LogP contribution in [0, 0.1) is 0 Å². The number of rotatable bonds is 3. The molecule has 110 valence electrons. The van der Waals surface area contributed by atoms with Crippen LogP contribution in [0.2, 0.25) is 5.02 Å². The van der Waals surface area contributed by atoms with Gasteiger partial charge in [0.2, 0.25) is 6.04 Å². The van der Waals surface area contributed by atoms with Crippen molar-refractivity contribution in [2.45, 2.75) is 19.0 Å². The number of hydrogen-bond acceptors (Lipinski definition) is 3. The van der Waals surface area contributed by atoms with Crippen LogP contribution in [-0.2, 0) is 22.5 Å². The third-order valence-corrected chi connectivity index (χ3v) is 5.36.